The summed E-state index contributed by atoms with van der Waals surface area (Å²) in [6, 6.07) is 0.698. The van der Waals surface area contributed by atoms with Crippen molar-refractivity contribution < 1.29 is 4.79 Å². The lowest BCUT2D eigenvalue weighted by molar-refractivity contribution is -0.124. The summed E-state index contributed by atoms with van der Waals surface area (Å²) in [6.07, 6.45) is 2.86. The lowest BCUT2D eigenvalue weighted by Gasteiger charge is -2.39. The summed E-state index contributed by atoms with van der Waals surface area (Å²) in [5.74, 6) is 0.403. The first kappa shape index (κ1) is 11.8. The minimum absolute atomic E-state index is 0.183. The van der Waals surface area contributed by atoms with E-state index in [1.807, 2.05) is 0 Å². The molecule has 2 aliphatic rings. The molecule has 3 N–H and O–H groups in total. The number of thiocarbonyl (C=S) groups is 1. The molecule has 90 valence electrons. The molecule has 0 aromatic rings. The first-order valence-electron chi connectivity index (χ1n) is 5.91. The fourth-order valence-electron chi connectivity index (χ4n) is 2.94. The van der Waals surface area contributed by atoms with Crippen LogP contribution in [0.25, 0.3) is 0 Å². The minimum atomic E-state index is 0.183. The maximum atomic E-state index is 11.6. The van der Waals surface area contributed by atoms with E-state index in [2.05, 4.69) is 17.1 Å². The summed E-state index contributed by atoms with van der Waals surface area (Å²) < 4.78 is 0. The fraction of sp³-hybridized carbons (Fsp3) is 0.818. The topological polar surface area (TPSA) is 58.4 Å². The number of carbonyl (C=O) groups is 1. The highest BCUT2D eigenvalue weighted by atomic mass is 32.1. The van der Waals surface area contributed by atoms with E-state index in [4.69, 9.17) is 18.0 Å². The predicted molar refractivity (Wildman–Crippen MR) is 67.1 cm³/mol. The second-order valence-corrected chi connectivity index (χ2v) is 5.34. The fourth-order valence-corrected chi connectivity index (χ4v) is 3.18. The molecule has 4 nitrogen and oxygen atoms in total. The van der Waals surface area contributed by atoms with Gasteiger partial charge in [-0.2, -0.15) is 0 Å². The van der Waals surface area contributed by atoms with Crippen LogP contribution in [0.4, 0.5) is 0 Å². The van der Waals surface area contributed by atoms with Gasteiger partial charge >= 0.3 is 0 Å². The Kier molecular flexibility index (Phi) is 3.44. The molecule has 0 aromatic heterocycles. The van der Waals surface area contributed by atoms with Crippen molar-refractivity contribution in [1.29, 1.82) is 0 Å². The molecule has 1 amide bonds. The number of nitrogens with two attached hydrogens (primary N) is 1. The first-order valence-corrected chi connectivity index (χ1v) is 6.32. The zero-order chi connectivity index (χ0) is 11.7. The quantitative estimate of drug-likeness (QED) is 0.696. The van der Waals surface area contributed by atoms with E-state index in [0.717, 1.165) is 32.4 Å². The Morgan fingerprint density at radius 2 is 2.50 bits per heavy atom. The van der Waals surface area contributed by atoms with E-state index in [9.17, 15) is 4.79 Å². The minimum Gasteiger partial charge on any atom is -0.393 e. The van der Waals surface area contributed by atoms with Crippen molar-refractivity contribution in [2.45, 2.75) is 38.3 Å². The standard InChI is InChI=1S/C11H19N3OS/c1-7(5-10(12)16)14-4-2-3-8-9(14)6-13-11(8)15/h7-9H,2-6H2,1H3,(H2,12,16)(H,13,15). The van der Waals surface area contributed by atoms with Crippen molar-refractivity contribution in [1.82, 2.24) is 10.2 Å². The van der Waals surface area contributed by atoms with Crippen LogP contribution in [-0.4, -0.2) is 41.0 Å². The monoisotopic (exact) mass is 241 g/mol. The van der Waals surface area contributed by atoms with Crippen LogP contribution in [0.5, 0.6) is 0 Å². The van der Waals surface area contributed by atoms with E-state index < -0.39 is 0 Å². The number of likely N-dealkylation sites (tertiary alicyclic amines) is 1. The van der Waals surface area contributed by atoms with Crippen LogP contribution in [0.3, 0.4) is 0 Å². The summed E-state index contributed by atoms with van der Waals surface area (Å²) in [5.41, 5.74) is 5.59. The predicted octanol–water partition coefficient (Wildman–Crippen LogP) is 0.262. The molecule has 2 rings (SSSR count). The number of piperidine rings is 1. The average Bonchev–Trinajstić information content (AvgIpc) is 2.59. The Labute approximate surface area is 102 Å². The van der Waals surface area contributed by atoms with Crippen molar-refractivity contribution >= 4 is 23.1 Å². The van der Waals surface area contributed by atoms with Crippen LogP contribution < -0.4 is 11.1 Å². The largest absolute Gasteiger partial charge is 0.393 e. The van der Waals surface area contributed by atoms with E-state index >= 15 is 0 Å². The van der Waals surface area contributed by atoms with Crippen LogP contribution in [0.2, 0.25) is 0 Å². The summed E-state index contributed by atoms with van der Waals surface area (Å²) in [5, 5.41) is 2.96. The smallest absolute Gasteiger partial charge is 0.224 e. The van der Waals surface area contributed by atoms with Gasteiger partial charge < -0.3 is 11.1 Å². The SMILES string of the molecule is CC(CC(N)=S)N1CCCC2C(=O)NCC21. The van der Waals surface area contributed by atoms with Gasteiger partial charge in [0.05, 0.1) is 10.9 Å². The van der Waals surface area contributed by atoms with Crippen LogP contribution in [0.15, 0.2) is 0 Å². The lowest BCUT2D eigenvalue weighted by Crippen LogP contribution is -2.50. The maximum Gasteiger partial charge on any atom is 0.224 e. The van der Waals surface area contributed by atoms with Gasteiger partial charge in [0.15, 0.2) is 0 Å². The van der Waals surface area contributed by atoms with Gasteiger partial charge in [0.2, 0.25) is 5.91 Å². The van der Waals surface area contributed by atoms with Gasteiger partial charge in [-0.1, -0.05) is 12.2 Å². The van der Waals surface area contributed by atoms with Crippen molar-refractivity contribution in [3.05, 3.63) is 0 Å². The van der Waals surface area contributed by atoms with E-state index in [0.29, 0.717) is 17.1 Å². The highest BCUT2D eigenvalue weighted by molar-refractivity contribution is 7.80. The first-order chi connectivity index (χ1) is 7.59. The molecule has 5 heteroatoms. The van der Waals surface area contributed by atoms with Gasteiger partial charge in [0.25, 0.3) is 0 Å². The molecule has 0 saturated carbocycles. The molecular formula is C11H19N3OS. The van der Waals surface area contributed by atoms with Gasteiger partial charge in [-0.15, -0.1) is 0 Å². The molecule has 0 spiro atoms. The average molecular weight is 241 g/mol. The van der Waals surface area contributed by atoms with E-state index in [1.165, 1.54) is 0 Å². The molecule has 0 radical (unpaired) electrons. The van der Waals surface area contributed by atoms with Gasteiger partial charge in [0, 0.05) is 25.0 Å². The molecular weight excluding hydrogens is 222 g/mol. The summed E-state index contributed by atoms with van der Waals surface area (Å²) in [6.45, 7) is 3.98. The second kappa shape index (κ2) is 4.67. The molecule has 2 fully saturated rings. The number of amides is 1. The van der Waals surface area contributed by atoms with Crippen LogP contribution in [0, 0.1) is 5.92 Å². The lowest BCUT2D eigenvalue weighted by atomic mass is 9.90. The van der Waals surface area contributed by atoms with Crippen molar-refractivity contribution in [2.24, 2.45) is 11.7 Å². The number of nitrogens with one attached hydrogen (secondary N) is 1. The number of nitrogens with zero attached hydrogens (tertiary/aromatic N) is 1. The third-order valence-corrected chi connectivity index (χ3v) is 3.87. The zero-order valence-electron chi connectivity index (χ0n) is 9.61. The van der Waals surface area contributed by atoms with Crippen LogP contribution in [0.1, 0.15) is 26.2 Å². The van der Waals surface area contributed by atoms with E-state index in [-0.39, 0.29) is 11.8 Å². The summed E-state index contributed by atoms with van der Waals surface area (Å²) in [4.78, 5) is 14.6. The summed E-state index contributed by atoms with van der Waals surface area (Å²) in [7, 11) is 0. The Hall–Kier alpha value is -0.680. The molecule has 16 heavy (non-hydrogen) atoms. The van der Waals surface area contributed by atoms with Crippen LogP contribution in [-0.2, 0) is 4.79 Å². The molecule has 0 aliphatic carbocycles. The Balaban J connectivity index is 2.04. The number of hydrogen-bond acceptors (Lipinski definition) is 3. The van der Waals surface area contributed by atoms with Gasteiger partial charge in [-0.3, -0.25) is 9.69 Å². The van der Waals surface area contributed by atoms with Gasteiger partial charge in [-0.05, 0) is 26.3 Å². The van der Waals surface area contributed by atoms with Gasteiger partial charge in [0.1, 0.15) is 0 Å². The Morgan fingerprint density at radius 1 is 1.75 bits per heavy atom. The van der Waals surface area contributed by atoms with E-state index in [1.54, 1.807) is 0 Å². The number of hydrogen-bond donors (Lipinski definition) is 2. The van der Waals surface area contributed by atoms with Crippen LogP contribution >= 0.6 is 12.2 Å². The van der Waals surface area contributed by atoms with Crippen molar-refractivity contribution in [2.75, 3.05) is 13.1 Å². The summed E-state index contributed by atoms with van der Waals surface area (Å²) >= 11 is 4.95. The third kappa shape index (κ3) is 2.20. The molecule has 0 aromatic carbocycles. The number of fused-ring (bicyclic) bond motifs is 1. The Bertz CT molecular complexity index is 308. The normalized spacial score (nSPS) is 31.9. The van der Waals surface area contributed by atoms with Gasteiger partial charge in [-0.25, -0.2) is 0 Å². The third-order valence-electron chi connectivity index (χ3n) is 3.71. The Morgan fingerprint density at radius 3 is 3.19 bits per heavy atom. The second-order valence-electron chi connectivity index (χ2n) is 4.82. The van der Waals surface area contributed by atoms with Crippen molar-refractivity contribution in [3.63, 3.8) is 0 Å². The highest BCUT2D eigenvalue weighted by Gasteiger charge is 2.41. The molecule has 2 saturated heterocycles. The molecule has 3 unspecified atom stereocenters. The highest BCUT2D eigenvalue weighted by Crippen LogP contribution is 2.29. The number of rotatable bonds is 3. The molecule has 2 aliphatic heterocycles. The number of carbonyl (C=O) groups excluding carboxylic acids is 1. The zero-order valence-corrected chi connectivity index (χ0v) is 10.4. The molecule has 0 bridgehead atoms. The maximum absolute atomic E-state index is 11.6. The molecule has 3 atom stereocenters. The molecule has 2 heterocycles. The van der Waals surface area contributed by atoms with Crippen molar-refractivity contribution in [3.8, 4) is 0 Å².